The number of hydrogen-bond donors (Lipinski definition) is 3. The first-order valence-corrected chi connectivity index (χ1v) is 8.81. The number of carbonyl (C=O) groups excluding carboxylic acids is 2. The smallest absolute Gasteiger partial charge is 0.319 e. The maximum Gasteiger partial charge on any atom is 0.319 e. The summed E-state index contributed by atoms with van der Waals surface area (Å²) < 4.78 is 10.8. The lowest BCUT2D eigenvalue weighted by Gasteiger charge is -2.15. The van der Waals surface area contributed by atoms with Crippen molar-refractivity contribution in [1.29, 1.82) is 0 Å². The van der Waals surface area contributed by atoms with E-state index in [4.69, 9.17) is 9.47 Å². The number of hydrogen-bond acceptors (Lipinski definition) is 4. The average molecular weight is 349 g/mol. The number of benzene rings is 1. The van der Waals surface area contributed by atoms with Crippen molar-refractivity contribution in [2.45, 2.75) is 45.3 Å². The third-order valence-electron chi connectivity index (χ3n) is 3.96. The van der Waals surface area contributed by atoms with Gasteiger partial charge in [0.15, 0.2) is 0 Å². The monoisotopic (exact) mass is 349 g/mol. The third-order valence-corrected chi connectivity index (χ3v) is 3.96. The molecule has 0 spiro atoms. The number of carbonyl (C=O) groups is 2. The molecule has 1 aromatic rings. The van der Waals surface area contributed by atoms with Gasteiger partial charge >= 0.3 is 6.03 Å². The molecule has 2 atom stereocenters. The van der Waals surface area contributed by atoms with Crippen LogP contribution < -0.4 is 16.0 Å². The summed E-state index contributed by atoms with van der Waals surface area (Å²) in [5.41, 5.74) is 1.31. The minimum Gasteiger partial charge on any atom is -0.376 e. The number of anilines is 2. The molecule has 138 valence electrons. The highest BCUT2D eigenvalue weighted by atomic mass is 16.5. The van der Waals surface area contributed by atoms with E-state index >= 15 is 0 Å². The highest BCUT2D eigenvalue weighted by molar-refractivity contribution is 5.94. The summed E-state index contributed by atoms with van der Waals surface area (Å²) in [6, 6.07) is 6.69. The van der Waals surface area contributed by atoms with E-state index in [1.54, 1.807) is 24.3 Å². The Bertz CT molecular complexity index is 556. The molecule has 7 nitrogen and oxygen atoms in total. The van der Waals surface area contributed by atoms with Crippen molar-refractivity contribution in [2.75, 3.05) is 30.4 Å². The highest BCUT2D eigenvalue weighted by Gasteiger charge is 2.17. The predicted octanol–water partition coefficient (Wildman–Crippen LogP) is 2.74. The van der Waals surface area contributed by atoms with Crippen molar-refractivity contribution in [3.63, 3.8) is 0 Å². The van der Waals surface area contributed by atoms with E-state index < -0.39 is 6.10 Å². The van der Waals surface area contributed by atoms with Gasteiger partial charge in [-0.15, -0.1) is 0 Å². The van der Waals surface area contributed by atoms with Crippen LogP contribution in [-0.4, -0.2) is 43.9 Å². The van der Waals surface area contributed by atoms with Gasteiger partial charge in [0.1, 0.15) is 6.10 Å². The summed E-state index contributed by atoms with van der Waals surface area (Å²) in [5.74, 6) is -0.167. The van der Waals surface area contributed by atoms with Crippen LogP contribution in [0.25, 0.3) is 0 Å². The average Bonchev–Trinajstić information content (AvgIpc) is 3.13. The van der Waals surface area contributed by atoms with Gasteiger partial charge in [0.05, 0.1) is 6.10 Å². The van der Waals surface area contributed by atoms with Gasteiger partial charge in [0.25, 0.3) is 5.91 Å². The number of ether oxygens (including phenoxy) is 2. The lowest BCUT2D eigenvalue weighted by Crippen LogP contribution is -2.35. The molecule has 2 rings (SSSR count). The van der Waals surface area contributed by atoms with Crippen molar-refractivity contribution in [1.82, 2.24) is 5.32 Å². The molecule has 3 N–H and O–H groups in total. The largest absolute Gasteiger partial charge is 0.376 e. The molecule has 1 saturated heterocycles. The highest BCUT2D eigenvalue weighted by Crippen LogP contribution is 2.15. The Hall–Kier alpha value is -2.12. The van der Waals surface area contributed by atoms with Gasteiger partial charge in [0.2, 0.25) is 0 Å². The van der Waals surface area contributed by atoms with Crippen LogP contribution in [0.2, 0.25) is 0 Å². The Morgan fingerprint density at radius 2 is 1.88 bits per heavy atom. The summed E-state index contributed by atoms with van der Waals surface area (Å²) in [6.07, 6.45) is 2.30. The maximum absolute atomic E-state index is 12.1. The zero-order valence-electron chi connectivity index (χ0n) is 14.8. The van der Waals surface area contributed by atoms with Crippen LogP contribution in [0.15, 0.2) is 24.3 Å². The van der Waals surface area contributed by atoms with E-state index in [-0.39, 0.29) is 18.0 Å². The minimum absolute atomic E-state index is 0.111. The molecule has 1 aliphatic rings. The molecular weight excluding hydrogens is 322 g/mol. The Kier molecular flexibility index (Phi) is 7.69. The number of amides is 3. The molecular formula is C18H27N3O4. The second kappa shape index (κ2) is 10.0. The maximum atomic E-state index is 12.1. The van der Waals surface area contributed by atoms with Crippen molar-refractivity contribution >= 4 is 23.3 Å². The van der Waals surface area contributed by atoms with E-state index in [1.165, 1.54) is 0 Å². The first kappa shape index (κ1) is 19.2. The van der Waals surface area contributed by atoms with Crippen molar-refractivity contribution in [3.8, 4) is 0 Å². The summed E-state index contributed by atoms with van der Waals surface area (Å²) in [6.45, 7) is 5.54. The number of nitrogens with one attached hydrogen (secondary N) is 3. The van der Waals surface area contributed by atoms with Crippen LogP contribution in [0.3, 0.4) is 0 Å². The molecule has 0 saturated carbocycles. The number of rotatable bonds is 8. The quantitative estimate of drug-likeness (QED) is 0.673. The first-order valence-electron chi connectivity index (χ1n) is 8.81. The van der Waals surface area contributed by atoms with Gasteiger partial charge in [0, 0.05) is 31.1 Å². The summed E-state index contributed by atoms with van der Waals surface area (Å²) in [5, 5.41) is 8.36. The van der Waals surface area contributed by atoms with Gasteiger partial charge in [-0.1, -0.05) is 6.92 Å². The van der Waals surface area contributed by atoms with Gasteiger partial charge in [-0.2, -0.15) is 0 Å². The fraction of sp³-hybridized carbons (Fsp3) is 0.556. The van der Waals surface area contributed by atoms with Gasteiger partial charge in [-0.25, -0.2) is 4.79 Å². The van der Waals surface area contributed by atoms with Crippen molar-refractivity contribution < 1.29 is 19.1 Å². The van der Waals surface area contributed by atoms with E-state index in [9.17, 15) is 9.59 Å². The lowest BCUT2D eigenvalue weighted by atomic mass is 10.2. The SMILES string of the molecule is CCO[C@@H](CC)C(=O)Nc1ccc(NC(=O)NC[C@H]2CCCO2)cc1. The molecule has 0 aromatic heterocycles. The molecule has 7 heteroatoms. The Morgan fingerprint density at radius 1 is 1.20 bits per heavy atom. The second-order valence-electron chi connectivity index (χ2n) is 5.89. The van der Waals surface area contributed by atoms with Crippen LogP contribution >= 0.6 is 0 Å². The van der Waals surface area contributed by atoms with E-state index in [0.29, 0.717) is 30.9 Å². The summed E-state index contributed by atoms with van der Waals surface area (Å²) in [4.78, 5) is 23.9. The van der Waals surface area contributed by atoms with Crippen LogP contribution in [0.1, 0.15) is 33.1 Å². The standard InChI is InChI=1S/C18H27N3O4/c1-3-16(24-4-2)17(22)20-13-7-9-14(10-8-13)21-18(23)19-12-15-6-5-11-25-15/h7-10,15-16H,3-6,11-12H2,1-2H3,(H,20,22)(H2,19,21,23)/t15-,16+/m1/s1. The Morgan fingerprint density at radius 3 is 2.44 bits per heavy atom. The molecule has 1 heterocycles. The molecule has 0 unspecified atom stereocenters. The molecule has 0 aliphatic carbocycles. The molecule has 1 aliphatic heterocycles. The van der Waals surface area contributed by atoms with Crippen LogP contribution in [0.5, 0.6) is 0 Å². The van der Waals surface area contributed by atoms with E-state index in [0.717, 1.165) is 19.4 Å². The van der Waals surface area contributed by atoms with Crippen LogP contribution in [0, 0.1) is 0 Å². The molecule has 0 bridgehead atoms. The molecule has 3 amide bonds. The predicted molar refractivity (Wildman–Crippen MR) is 96.8 cm³/mol. The van der Waals surface area contributed by atoms with Crippen LogP contribution in [-0.2, 0) is 14.3 Å². The van der Waals surface area contributed by atoms with Crippen LogP contribution in [0.4, 0.5) is 16.2 Å². The fourth-order valence-corrected chi connectivity index (χ4v) is 2.63. The second-order valence-corrected chi connectivity index (χ2v) is 5.89. The van der Waals surface area contributed by atoms with Crippen molar-refractivity contribution in [2.24, 2.45) is 0 Å². The topological polar surface area (TPSA) is 88.7 Å². The zero-order chi connectivity index (χ0) is 18.1. The summed E-state index contributed by atoms with van der Waals surface area (Å²) >= 11 is 0. The Labute approximate surface area is 148 Å². The van der Waals surface area contributed by atoms with Gasteiger partial charge in [-0.05, 0) is 50.5 Å². The zero-order valence-corrected chi connectivity index (χ0v) is 14.8. The molecule has 0 radical (unpaired) electrons. The molecule has 25 heavy (non-hydrogen) atoms. The normalized spacial score (nSPS) is 17.8. The molecule has 1 fully saturated rings. The lowest BCUT2D eigenvalue weighted by molar-refractivity contribution is -0.127. The minimum atomic E-state index is -0.452. The summed E-state index contributed by atoms with van der Waals surface area (Å²) in [7, 11) is 0. The number of urea groups is 1. The van der Waals surface area contributed by atoms with Gasteiger partial charge in [-0.3, -0.25) is 4.79 Å². The fourth-order valence-electron chi connectivity index (χ4n) is 2.63. The molecule has 1 aromatic carbocycles. The van der Waals surface area contributed by atoms with Gasteiger partial charge < -0.3 is 25.4 Å². The van der Waals surface area contributed by atoms with E-state index in [1.807, 2.05) is 13.8 Å². The van der Waals surface area contributed by atoms with Crippen molar-refractivity contribution in [3.05, 3.63) is 24.3 Å². The Balaban J connectivity index is 1.78. The first-order chi connectivity index (χ1) is 12.1. The third kappa shape index (κ3) is 6.36. The van der Waals surface area contributed by atoms with E-state index in [2.05, 4.69) is 16.0 Å².